The molecule has 24 heavy (non-hydrogen) atoms. The van der Waals surface area contributed by atoms with Crippen molar-refractivity contribution in [1.82, 2.24) is 20.1 Å². The zero-order valence-electron chi connectivity index (χ0n) is 12.4. The maximum absolute atomic E-state index is 13.8. The van der Waals surface area contributed by atoms with Crippen molar-refractivity contribution < 1.29 is 22.1 Å². The number of hydrogen-bond donors (Lipinski definition) is 0. The molecule has 0 spiro atoms. The second kappa shape index (κ2) is 5.12. The topological polar surface area (TPSA) is 67.9 Å². The number of nitrogens with zero attached hydrogens (tertiary/aromatic N) is 5. The van der Waals surface area contributed by atoms with Crippen LogP contribution in [0.2, 0.25) is 0 Å². The van der Waals surface area contributed by atoms with Crippen molar-refractivity contribution in [3.63, 3.8) is 0 Å². The molecule has 0 N–H and O–H groups in total. The lowest BCUT2D eigenvalue weighted by molar-refractivity contribution is -0.191. The highest BCUT2D eigenvalue weighted by Crippen LogP contribution is 2.48. The first-order valence-electron chi connectivity index (χ1n) is 7.52. The van der Waals surface area contributed by atoms with Gasteiger partial charge in [-0.3, -0.25) is 0 Å². The fourth-order valence-electron chi connectivity index (χ4n) is 2.94. The quantitative estimate of drug-likeness (QED) is 0.798. The van der Waals surface area contributed by atoms with Crippen LogP contribution in [0.25, 0.3) is 0 Å². The number of rotatable bonds is 3. The van der Waals surface area contributed by atoms with Gasteiger partial charge in [-0.05, 0) is 19.3 Å². The largest absolute Gasteiger partial charge is 0.405 e. The predicted molar refractivity (Wildman–Crippen MR) is 72.8 cm³/mol. The molecule has 2 fully saturated rings. The lowest BCUT2D eigenvalue weighted by Gasteiger charge is -2.28. The molecule has 2 aromatic heterocycles. The zero-order chi connectivity index (χ0) is 16.9. The molecular formula is C14H13F4N5O. The molecule has 0 bridgehead atoms. The van der Waals surface area contributed by atoms with Gasteiger partial charge < -0.3 is 9.42 Å². The molecule has 0 radical (unpaired) electrons. The molecule has 6 nitrogen and oxygen atoms in total. The summed E-state index contributed by atoms with van der Waals surface area (Å²) in [7, 11) is 0. The van der Waals surface area contributed by atoms with Gasteiger partial charge in [0.15, 0.2) is 11.2 Å². The van der Waals surface area contributed by atoms with E-state index in [-0.39, 0.29) is 24.7 Å². The average Bonchev–Trinajstić information content (AvgIpc) is 3.09. The van der Waals surface area contributed by atoms with E-state index in [9.17, 15) is 17.6 Å². The van der Waals surface area contributed by atoms with Gasteiger partial charge in [-0.1, -0.05) is 5.16 Å². The van der Waals surface area contributed by atoms with Gasteiger partial charge in [-0.2, -0.15) is 22.5 Å². The SMILES string of the molecule is Fc1cnc(N2CCC(c3nc(C4CC4)no3)(C(F)(F)F)C2)cn1. The normalized spacial score (nSPS) is 24.6. The van der Waals surface area contributed by atoms with Gasteiger partial charge in [0.05, 0.1) is 12.4 Å². The van der Waals surface area contributed by atoms with Crippen molar-refractivity contribution in [1.29, 1.82) is 0 Å². The molecule has 2 aromatic rings. The minimum atomic E-state index is -4.55. The summed E-state index contributed by atoms with van der Waals surface area (Å²) in [5.74, 6) is -0.563. The molecule has 1 atom stereocenters. The zero-order valence-corrected chi connectivity index (χ0v) is 12.4. The van der Waals surface area contributed by atoms with E-state index in [2.05, 4.69) is 20.1 Å². The van der Waals surface area contributed by atoms with Crippen molar-refractivity contribution in [2.45, 2.75) is 36.8 Å². The second-order valence-electron chi connectivity index (χ2n) is 6.18. The molecule has 128 valence electrons. The summed E-state index contributed by atoms with van der Waals surface area (Å²) in [4.78, 5) is 12.7. The predicted octanol–water partition coefficient (Wildman–Crippen LogP) is 2.59. The Morgan fingerprint density at radius 1 is 1.21 bits per heavy atom. The van der Waals surface area contributed by atoms with E-state index in [0.717, 1.165) is 25.2 Å². The minimum absolute atomic E-state index is 0.0843. The van der Waals surface area contributed by atoms with E-state index in [0.29, 0.717) is 5.82 Å². The van der Waals surface area contributed by atoms with E-state index < -0.39 is 30.0 Å². The van der Waals surface area contributed by atoms with Gasteiger partial charge >= 0.3 is 6.18 Å². The van der Waals surface area contributed by atoms with Crippen molar-refractivity contribution in [3.05, 3.63) is 30.1 Å². The lowest BCUT2D eigenvalue weighted by atomic mass is 9.86. The molecule has 2 aliphatic rings. The fraction of sp³-hybridized carbons (Fsp3) is 0.571. The number of halogens is 4. The van der Waals surface area contributed by atoms with Crippen molar-refractivity contribution in [2.24, 2.45) is 0 Å². The third-order valence-electron chi connectivity index (χ3n) is 4.54. The van der Waals surface area contributed by atoms with Gasteiger partial charge in [-0.15, -0.1) is 0 Å². The summed E-state index contributed by atoms with van der Waals surface area (Å²) in [5.41, 5.74) is -2.25. The summed E-state index contributed by atoms with van der Waals surface area (Å²) >= 11 is 0. The average molecular weight is 343 g/mol. The maximum Gasteiger partial charge on any atom is 0.405 e. The maximum atomic E-state index is 13.8. The van der Waals surface area contributed by atoms with Crippen molar-refractivity contribution in [3.8, 4) is 0 Å². The van der Waals surface area contributed by atoms with Crippen LogP contribution >= 0.6 is 0 Å². The second-order valence-corrected chi connectivity index (χ2v) is 6.18. The Labute approximate surface area is 133 Å². The van der Waals surface area contributed by atoms with Crippen molar-refractivity contribution >= 4 is 5.82 Å². The van der Waals surface area contributed by atoms with Crippen LogP contribution < -0.4 is 4.90 Å². The molecule has 4 rings (SSSR count). The van der Waals surface area contributed by atoms with E-state index in [4.69, 9.17) is 4.52 Å². The van der Waals surface area contributed by atoms with E-state index >= 15 is 0 Å². The molecule has 1 saturated heterocycles. The van der Waals surface area contributed by atoms with Gasteiger partial charge in [0.2, 0.25) is 11.8 Å². The van der Waals surface area contributed by atoms with Crippen LogP contribution in [0.3, 0.4) is 0 Å². The monoisotopic (exact) mass is 343 g/mol. The van der Waals surface area contributed by atoms with E-state index in [1.54, 1.807) is 0 Å². The first-order valence-corrected chi connectivity index (χ1v) is 7.52. The minimum Gasteiger partial charge on any atom is -0.354 e. The number of alkyl halides is 3. The van der Waals surface area contributed by atoms with E-state index in [1.165, 1.54) is 4.90 Å². The molecule has 1 aliphatic heterocycles. The van der Waals surface area contributed by atoms with Crippen LogP contribution in [0.4, 0.5) is 23.4 Å². The number of anilines is 1. The Kier molecular flexibility index (Phi) is 3.26. The van der Waals surface area contributed by atoms with Crippen LogP contribution in [-0.2, 0) is 5.41 Å². The molecular weight excluding hydrogens is 330 g/mol. The van der Waals surface area contributed by atoms with Crippen LogP contribution in [-0.4, -0.2) is 39.4 Å². The molecule has 10 heteroatoms. The summed E-state index contributed by atoms with van der Waals surface area (Å²) < 4.78 is 59.3. The van der Waals surface area contributed by atoms with Crippen LogP contribution in [0.15, 0.2) is 16.9 Å². The molecule has 1 unspecified atom stereocenters. The Morgan fingerprint density at radius 2 is 2.00 bits per heavy atom. The van der Waals surface area contributed by atoms with Gasteiger partial charge in [-0.25, -0.2) is 9.97 Å². The first-order chi connectivity index (χ1) is 11.4. The summed E-state index contributed by atoms with van der Waals surface area (Å²) in [6, 6.07) is 0. The fourth-order valence-corrected chi connectivity index (χ4v) is 2.94. The first kappa shape index (κ1) is 15.3. The van der Waals surface area contributed by atoms with Crippen LogP contribution in [0, 0.1) is 5.95 Å². The molecule has 1 aliphatic carbocycles. The molecule has 1 saturated carbocycles. The lowest BCUT2D eigenvalue weighted by Crippen LogP contribution is -2.45. The summed E-state index contributed by atoms with van der Waals surface area (Å²) in [6.07, 6.45) is -1.05. The third-order valence-corrected chi connectivity index (χ3v) is 4.54. The van der Waals surface area contributed by atoms with Gasteiger partial charge in [0.25, 0.3) is 0 Å². The van der Waals surface area contributed by atoms with E-state index in [1.807, 2.05) is 0 Å². The van der Waals surface area contributed by atoms with Gasteiger partial charge in [0.1, 0.15) is 5.82 Å². The molecule has 0 amide bonds. The summed E-state index contributed by atoms with van der Waals surface area (Å²) in [5, 5.41) is 3.71. The highest BCUT2D eigenvalue weighted by molar-refractivity contribution is 5.40. The smallest absolute Gasteiger partial charge is 0.354 e. The Morgan fingerprint density at radius 3 is 2.62 bits per heavy atom. The molecule has 0 aromatic carbocycles. The van der Waals surface area contributed by atoms with Crippen LogP contribution in [0.5, 0.6) is 0 Å². The highest BCUT2D eigenvalue weighted by Gasteiger charge is 2.63. The number of hydrogen-bond acceptors (Lipinski definition) is 6. The molecule has 3 heterocycles. The van der Waals surface area contributed by atoms with Crippen LogP contribution in [0.1, 0.15) is 36.9 Å². The Hall–Kier alpha value is -2.26. The van der Waals surface area contributed by atoms with Crippen molar-refractivity contribution in [2.75, 3.05) is 18.0 Å². The Bertz CT molecular complexity index is 742. The Balaban J connectivity index is 1.66. The third kappa shape index (κ3) is 2.40. The standard InChI is InChI=1S/C14H13F4N5O/c15-9-5-20-10(6-19-9)23-4-3-13(7-23,14(16,17)18)12-21-11(22-24-12)8-1-2-8/h5-6,8H,1-4,7H2. The summed E-state index contributed by atoms with van der Waals surface area (Å²) in [6.45, 7) is -0.329. The number of aromatic nitrogens is 4. The highest BCUT2D eigenvalue weighted by atomic mass is 19.4. The van der Waals surface area contributed by atoms with Gasteiger partial charge in [0, 0.05) is 19.0 Å².